The average molecular weight is 421 g/mol. The van der Waals surface area contributed by atoms with Crippen LogP contribution in [0.1, 0.15) is 22.5 Å². The van der Waals surface area contributed by atoms with Gasteiger partial charge >= 0.3 is 5.69 Å². The van der Waals surface area contributed by atoms with E-state index < -0.39 is 0 Å². The highest BCUT2D eigenvalue weighted by molar-refractivity contribution is 5.78. The summed E-state index contributed by atoms with van der Waals surface area (Å²) in [6.45, 7) is 4.38. The fraction of sp³-hybridized carbons (Fsp3) is 0.304. The molecule has 1 aliphatic rings. The van der Waals surface area contributed by atoms with Gasteiger partial charge in [0.25, 0.3) is 0 Å². The van der Waals surface area contributed by atoms with E-state index in [4.69, 9.17) is 4.52 Å². The summed E-state index contributed by atoms with van der Waals surface area (Å²) in [5.74, 6) is 1.20. The van der Waals surface area contributed by atoms with E-state index in [2.05, 4.69) is 34.4 Å². The molecule has 3 heterocycles. The number of halogens is 1. The molecule has 0 bridgehead atoms. The minimum absolute atomic E-state index is 0.0216. The highest BCUT2D eigenvalue weighted by Crippen LogP contribution is 2.30. The Bertz CT molecular complexity index is 1350. The summed E-state index contributed by atoms with van der Waals surface area (Å²) in [5, 5.41) is 7.35. The van der Waals surface area contributed by atoms with Crippen molar-refractivity contribution >= 4 is 22.5 Å². The van der Waals surface area contributed by atoms with Crippen LogP contribution in [0.3, 0.4) is 0 Å². The van der Waals surface area contributed by atoms with Crippen LogP contribution in [0, 0.1) is 12.7 Å². The van der Waals surface area contributed by atoms with E-state index in [0.29, 0.717) is 18.1 Å². The number of hydrogen-bond donors (Lipinski definition) is 1. The highest BCUT2D eigenvalue weighted by Gasteiger charge is 2.25. The van der Waals surface area contributed by atoms with E-state index in [-0.39, 0.29) is 11.5 Å². The van der Waals surface area contributed by atoms with Crippen LogP contribution in [0.25, 0.3) is 11.0 Å². The van der Waals surface area contributed by atoms with Crippen molar-refractivity contribution in [1.29, 1.82) is 0 Å². The van der Waals surface area contributed by atoms with Crippen LogP contribution in [-0.4, -0.2) is 25.7 Å². The number of aryl methyl sites for hydroxylation is 3. The molecule has 0 fully saturated rings. The van der Waals surface area contributed by atoms with Crippen LogP contribution in [-0.2, 0) is 33.6 Å². The summed E-state index contributed by atoms with van der Waals surface area (Å²) in [7, 11) is 3.60. The maximum Gasteiger partial charge on any atom is 0.328 e. The van der Waals surface area contributed by atoms with E-state index in [1.165, 1.54) is 17.7 Å². The standard InChI is InChI=1S/C23H24FN5O2/c1-14-9-19-20(28(3)23(30)27(19)2)10-15(14)12-29-8-7-21-18(13-29)22(26-31-21)25-17-6-4-5-16(24)11-17/h4-6,9-11H,7-8,12-13H2,1-3H3,(H,25,26). The Morgan fingerprint density at radius 2 is 1.94 bits per heavy atom. The van der Waals surface area contributed by atoms with Crippen molar-refractivity contribution in [1.82, 2.24) is 19.2 Å². The van der Waals surface area contributed by atoms with Gasteiger partial charge in [-0.2, -0.15) is 0 Å². The van der Waals surface area contributed by atoms with Crippen molar-refractivity contribution in [3.8, 4) is 0 Å². The predicted molar refractivity (Wildman–Crippen MR) is 117 cm³/mol. The molecule has 0 amide bonds. The van der Waals surface area contributed by atoms with Gasteiger partial charge in [0.15, 0.2) is 5.82 Å². The first-order chi connectivity index (χ1) is 14.9. The zero-order valence-corrected chi connectivity index (χ0v) is 17.8. The van der Waals surface area contributed by atoms with Crippen molar-refractivity contribution in [3.05, 3.63) is 75.2 Å². The molecular formula is C23H24FN5O2. The highest BCUT2D eigenvalue weighted by atomic mass is 19.1. The first-order valence-corrected chi connectivity index (χ1v) is 10.3. The molecule has 2 aromatic heterocycles. The number of nitrogens with one attached hydrogen (secondary N) is 1. The molecule has 5 rings (SSSR count). The molecule has 0 radical (unpaired) electrons. The molecule has 31 heavy (non-hydrogen) atoms. The second-order valence-electron chi connectivity index (χ2n) is 8.20. The monoisotopic (exact) mass is 421 g/mol. The number of benzene rings is 2. The second-order valence-corrected chi connectivity index (χ2v) is 8.20. The molecule has 7 nitrogen and oxygen atoms in total. The summed E-state index contributed by atoms with van der Waals surface area (Å²) in [6.07, 6.45) is 0.762. The minimum atomic E-state index is -0.301. The number of fused-ring (bicyclic) bond motifs is 2. The third kappa shape index (κ3) is 3.42. The first-order valence-electron chi connectivity index (χ1n) is 10.3. The Morgan fingerprint density at radius 3 is 2.71 bits per heavy atom. The quantitative estimate of drug-likeness (QED) is 0.545. The van der Waals surface area contributed by atoms with Gasteiger partial charge < -0.3 is 9.84 Å². The summed E-state index contributed by atoms with van der Waals surface area (Å²) in [5.41, 5.74) is 5.84. The van der Waals surface area contributed by atoms with Crippen LogP contribution < -0.4 is 11.0 Å². The van der Waals surface area contributed by atoms with E-state index >= 15 is 0 Å². The minimum Gasteiger partial charge on any atom is -0.359 e. The molecule has 160 valence electrons. The average Bonchev–Trinajstić information content (AvgIpc) is 3.23. The Kier molecular flexibility index (Phi) is 4.66. The normalized spacial score (nSPS) is 14.2. The van der Waals surface area contributed by atoms with Crippen molar-refractivity contribution in [2.45, 2.75) is 26.4 Å². The van der Waals surface area contributed by atoms with E-state index in [9.17, 15) is 9.18 Å². The molecule has 0 spiro atoms. The van der Waals surface area contributed by atoms with Gasteiger partial charge in [0.1, 0.15) is 11.6 Å². The molecule has 0 atom stereocenters. The van der Waals surface area contributed by atoms with Crippen molar-refractivity contribution < 1.29 is 8.91 Å². The summed E-state index contributed by atoms with van der Waals surface area (Å²) >= 11 is 0. The SMILES string of the molecule is Cc1cc2c(cc1CN1CCc3onc(Nc4cccc(F)c4)c3C1)n(C)c(=O)n2C. The fourth-order valence-corrected chi connectivity index (χ4v) is 4.31. The van der Waals surface area contributed by atoms with Crippen LogP contribution in [0.5, 0.6) is 0 Å². The number of rotatable bonds is 4. The lowest BCUT2D eigenvalue weighted by Crippen LogP contribution is -2.30. The smallest absolute Gasteiger partial charge is 0.328 e. The van der Waals surface area contributed by atoms with Gasteiger partial charge in [-0.25, -0.2) is 9.18 Å². The van der Waals surface area contributed by atoms with Crippen LogP contribution in [0.4, 0.5) is 15.9 Å². The van der Waals surface area contributed by atoms with Gasteiger partial charge in [0, 0.05) is 45.8 Å². The fourth-order valence-electron chi connectivity index (χ4n) is 4.31. The lowest BCUT2D eigenvalue weighted by atomic mass is 10.0. The molecule has 0 saturated carbocycles. The maximum atomic E-state index is 13.5. The van der Waals surface area contributed by atoms with Gasteiger partial charge in [0.2, 0.25) is 0 Å². The number of imidazole rings is 1. The molecule has 0 aliphatic carbocycles. The Morgan fingerprint density at radius 1 is 1.16 bits per heavy atom. The molecule has 2 aromatic carbocycles. The predicted octanol–water partition coefficient (Wildman–Crippen LogP) is 3.61. The lowest BCUT2D eigenvalue weighted by Gasteiger charge is -2.26. The molecule has 0 saturated heterocycles. The Labute approximate surface area is 178 Å². The van der Waals surface area contributed by atoms with E-state index in [0.717, 1.165) is 47.4 Å². The zero-order chi connectivity index (χ0) is 21.7. The second kappa shape index (κ2) is 7.39. The number of aromatic nitrogens is 3. The van der Waals surface area contributed by atoms with Gasteiger partial charge in [-0.3, -0.25) is 14.0 Å². The topological polar surface area (TPSA) is 68.2 Å². The summed E-state index contributed by atoms with van der Waals surface area (Å²) in [4.78, 5) is 14.6. The molecule has 4 aromatic rings. The third-order valence-electron chi connectivity index (χ3n) is 6.12. The summed E-state index contributed by atoms with van der Waals surface area (Å²) in [6, 6.07) is 10.5. The number of nitrogens with zero attached hydrogens (tertiary/aromatic N) is 4. The summed E-state index contributed by atoms with van der Waals surface area (Å²) < 4.78 is 22.4. The van der Waals surface area contributed by atoms with Crippen molar-refractivity contribution in [2.75, 3.05) is 11.9 Å². The van der Waals surface area contributed by atoms with Crippen LogP contribution in [0.2, 0.25) is 0 Å². The molecule has 1 N–H and O–H groups in total. The van der Waals surface area contributed by atoms with E-state index in [1.807, 2.05) is 0 Å². The van der Waals surface area contributed by atoms with Gasteiger partial charge in [-0.1, -0.05) is 11.2 Å². The number of anilines is 2. The lowest BCUT2D eigenvalue weighted by molar-refractivity contribution is 0.228. The maximum absolute atomic E-state index is 13.5. The van der Waals surface area contributed by atoms with Crippen molar-refractivity contribution in [3.63, 3.8) is 0 Å². The largest absolute Gasteiger partial charge is 0.359 e. The third-order valence-corrected chi connectivity index (χ3v) is 6.12. The van der Waals surface area contributed by atoms with Crippen LogP contribution >= 0.6 is 0 Å². The Balaban J connectivity index is 1.40. The van der Waals surface area contributed by atoms with Gasteiger partial charge in [-0.05, 0) is 48.4 Å². The van der Waals surface area contributed by atoms with Crippen molar-refractivity contribution in [2.24, 2.45) is 14.1 Å². The first kappa shape index (κ1) is 19.6. The molecule has 1 aliphatic heterocycles. The number of hydrogen-bond acceptors (Lipinski definition) is 5. The van der Waals surface area contributed by atoms with Crippen LogP contribution in [0.15, 0.2) is 45.7 Å². The molecule has 0 unspecified atom stereocenters. The Hall–Kier alpha value is -3.39. The molecule has 8 heteroatoms. The van der Waals surface area contributed by atoms with Gasteiger partial charge in [-0.15, -0.1) is 0 Å². The zero-order valence-electron chi connectivity index (χ0n) is 17.8. The van der Waals surface area contributed by atoms with E-state index in [1.54, 1.807) is 35.4 Å². The van der Waals surface area contributed by atoms with Gasteiger partial charge in [0.05, 0.1) is 16.6 Å². The molecular weight excluding hydrogens is 397 g/mol.